The topological polar surface area (TPSA) is 55.1 Å². The molecule has 0 spiro atoms. The van der Waals surface area contributed by atoms with Gasteiger partial charge in [-0.3, -0.25) is 4.79 Å². The number of carbonyl (C=O) groups is 1. The van der Waals surface area contributed by atoms with Crippen LogP contribution in [0.5, 0.6) is 0 Å². The third-order valence-electron chi connectivity index (χ3n) is 4.00. The maximum Gasteiger partial charge on any atom is 0.223 e. The molecule has 108 valence electrons. The highest BCUT2D eigenvalue weighted by Crippen LogP contribution is 2.25. The lowest BCUT2D eigenvalue weighted by molar-refractivity contribution is -0.126. The van der Waals surface area contributed by atoms with E-state index >= 15 is 0 Å². The fourth-order valence-electron chi connectivity index (χ4n) is 2.78. The van der Waals surface area contributed by atoms with Crippen LogP contribution in [0.2, 0.25) is 0 Å². The second-order valence-electron chi connectivity index (χ2n) is 5.49. The molecular weight excluding hydrogens is 268 g/mol. The van der Waals surface area contributed by atoms with Gasteiger partial charge in [-0.25, -0.2) is 0 Å². The zero-order chi connectivity index (χ0) is 14.5. The molecule has 2 atom stereocenters. The summed E-state index contributed by atoms with van der Waals surface area (Å²) in [7, 11) is 0. The van der Waals surface area contributed by atoms with Gasteiger partial charge in [0.05, 0.1) is 4.99 Å². The van der Waals surface area contributed by atoms with Crippen molar-refractivity contribution in [1.29, 1.82) is 0 Å². The van der Waals surface area contributed by atoms with Crippen LogP contribution < -0.4 is 11.1 Å². The summed E-state index contributed by atoms with van der Waals surface area (Å²) in [6, 6.07) is 8.46. The number of nitrogens with one attached hydrogen (secondary N) is 1. The highest BCUT2D eigenvalue weighted by atomic mass is 32.1. The summed E-state index contributed by atoms with van der Waals surface area (Å²) in [6.45, 7) is 2.04. The summed E-state index contributed by atoms with van der Waals surface area (Å²) < 4.78 is 0. The SMILES string of the molecule is CCC(CC(N)=S)NC(=O)C1CCc2ccccc2C1. The first-order valence-electron chi connectivity index (χ1n) is 7.25. The highest BCUT2D eigenvalue weighted by molar-refractivity contribution is 7.80. The van der Waals surface area contributed by atoms with Gasteiger partial charge in [0.15, 0.2) is 0 Å². The van der Waals surface area contributed by atoms with Crippen LogP contribution >= 0.6 is 12.2 Å². The second kappa shape index (κ2) is 6.84. The van der Waals surface area contributed by atoms with Crippen LogP contribution in [0.3, 0.4) is 0 Å². The summed E-state index contributed by atoms with van der Waals surface area (Å²) in [5.41, 5.74) is 8.25. The Labute approximate surface area is 125 Å². The van der Waals surface area contributed by atoms with Crippen molar-refractivity contribution in [2.45, 2.75) is 45.1 Å². The van der Waals surface area contributed by atoms with Crippen molar-refractivity contribution in [2.24, 2.45) is 11.7 Å². The molecule has 0 aliphatic heterocycles. The normalized spacial score (nSPS) is 18.9. The second-order valence-corrected chi connectivity index (χ2v) is 6.02. The summed E-state index contributed by atoms with van der Waals surface area (Å²) >= 11 is 4.93. The number of nitrogens with two attached hydrogens (primary N) is 1. The van der Waals surface area contributed by atoms with Gasteiger partial charge >= 0.3 is 0 Å². The number of fused-ring (bicyclic) bond motifs is 1. The van der Waals surface area contributed by atoms with E-state index in [0.717, 1.165) is 25.7 Å². The van der Waals surface area contributed by atoms with Crippen molar-refractivity contribution < 1.29 is 4.79 Å². The fourth-order valence-corrected chi connectivity index (χ4v) is 2.98. The molecule has 3 nitrogen and oxygen atoms in total. The summed E-state index contributed by atoms with van der Waals surface area (Å²) in [4.78, 5) is 12.8. The Bertz CT molecular complexity index is 501. The average Bonchev–Trinajstić information content (AvgIpc) is 2.45. The first-order valence-corrected chi connectivity index (χ1v) is 7.66. The minimum Gasteiger partial charge on any atom is -0.393 e. The Morgan fingerprint density at radius 1 is 1.45 bits per heavy atom. The zero-order valence-electron chi connectivity index (χ0n) is 11.9. The molecule has 1 aliphatic carbocycles. The van der Waals surface area contributed by atoms with E-state index in [0.29, 0.717) is 11.4 Å². The van der Waals surface area contributed by atoms with Gasteiger partial charge in [-0.15, -0.1) is 0 Å². The van der Waals surface area contributed by atoms with Crippen LogP contribution in [0.1, 0.15) is 37.3 Å². The first-order chi connectivity index (χ1) is 9.60. The predicted octanol–water partition coefficient (Wildman–Crippen LogP) is 2.36. The van der Waals surface area contributed by atoms with Gasteiger partial charge in [0, 0.05) is 18.4 Å². The van der Waals surface area contributed by atoms with Crippen LogP contribution in [0.25, 0.3) is 0 Å². The molecule has 1 amide bonds. The van der Waals surface area contributed by atoms with Crippen molar-refractivity contribution in [3.05, 3.63) is 35.4 Å². The number of carbonyl (C=O) groups excluding carboxylic acids is 1. The smallest absolute Gasteiger partial charge is 0.223 e. The summed E-state index contributed by atoms with van der Waals surface area (Å²) in [5.74, 6) is 0.216. The number of rotatable bonds is 5. The number of hydrogen-bond acceptors (Lipinski definition) is 2. The molecule has 1 aromatic rings. The molecule has 0 radical (unpaired) electrons. The Kier molecular flexibility index (Phi) is 5.12. The molecule has 0 fully saturated rings. The Balaban J connectivity index is 1.95. The van der Waals surface area contributed by atoms with Gasteiger partial charge in [0.25, 0.3) is 0 Å². The van der Waals surface area contributed by atoms with E-state index in [1.165, 1.54) is 11.1 Å². The maximum absolute atomic E-state index is 12.4. The number of aryl methyl sites for hydroxylation is 1. The third-order valence-corrected chi connectivity index (χ3v) is 4.17. The largest absolute Gasteiger partial charge is 0.393 e. The average molecular weight is 290 g/mol. The van der Waals surface area contributed by atoms with E-state index in [4.69, 9.17) is 18.0 Å². The van der Waals surface area contributed by atoms with Gasteiger partial charge in [0.1, 0.15) is 0 Å². The molecule has 2 unspecified atom stereocenters. The van der Waals surface area contributed by atoms with Crippen LogP contribution in [-0.4, -0.2) is 16.9 Å². The number of hydrogen-bond donors (Lipinski definition) is 2. The van der Waals surface area contributed by atoms with E-state index in [9.17, 15) is 4.79 Å². The van der Waals surface area contributed by atoms with E-state index in [-0.39, 0.29) is 17.9 Å². The number of thiocarbonyl (C=S) groups is 1. The minimum atomic E-state index is 0.0668. The fraction of sp³-hybridized carbons (Fsp3) is 0.500. The van der Waals surface area contributed by atoms with Gasteiger partial charge in [0.2, 0.25) is 5.91 Å². The monoisotopic (exact) mass is 290 g/mol. The molecule has 0 saturated carbocycles. The molecule has 0 aromatic heterocycles. The van der Waals surface area contributed by atoms with E-state index < -0.39 is 0 Å². The lowest BCUT2D eigenvalue weighted by Gasteiger charge is -2.26. The van der Waals surface area contributed by atoms with E-state index in [1.807, 2.05) is 13.0 Å². The van der Waals surface area contributed by atoms with Crippen LogP contribution in [-0.2, 0) is 17.6 Å². The van der Waals surface area contributed by atoms with Crippen molar-refractivity contribution in [3.63, 3.8) is 0 Å². The molecule has 20 heavy (non-hydrogen) atoms. The Morgan fingerprint density at radius 2 is 2.15 bits per heavy atom. The molecule has 0 saturated heterocycles. The van der Waals surface area contributed by atoms with Crippen molar-refractivity contribution in [2.75, 3.05) is 0 Å². The quantitative estimate of drug-likeness (QED) is 0.819. The maximum atomic E-state index is 12.4. The highest BCUT2D eigenvalue weighted by Gasteiger charge is 2.25. The standard InChI is InChI=1S/C16H22N2OS/c1-2-14(10-15(17)20)18-16(19)13-8-7-11-5-3-4-6-12(11)9-13/h3-6,13-14H,2,7-10H2,1H3,(H2,17,20)(H,18,19). The summed E-state index contributed by atoms with van der Waals surface area (Å²) in [6.07, 6.45) is 4.19. The molecule has 0 heterocycles. The van der Waals surface area contributed by atoms with E-state index in [2.05, 4.69) is 23.5 Å². The number of benzene rings is 1. The number of amides is 1. The molecule has 1 aromatic carbocycles. The van der Waals surface area contributed by atoms with Gasteiger partial charge in [-0.2, -0.15) is 0 Å². The van der Waals surface area contributed by atoms with Crippen molar-refractivity contribution in [3.8, 4) is 0 Å². The van der Waals surface area contributed by atoms with Crippen LogP contribution in [0, 0.1) is 5.92 Å². The molecular formula is C16H22N2OS. The van der Waals surface area contributed by atoms with Crippen LogP contribution in [0.15, 0.2) is 24.3 Å². The van der Waals surface area contributed by atoms with Gasteiger partial charge < -0.3 is 11.1 Å². The molecule has 4 heteroatoms. The first kappa shape index (κ1) is 15.0. The van der Waals surface area contributed by atoms with E-state index in [1.54, 1.807) is 0 Å². The Hall–Kier alpha value is -1.42. The molecule has 2 rings (SSSR count). The molecule has 1 aliphatic rings. The lowest BCUT2D eigenvalue weighted by Crippen LogP contribution is -2.42. The Morgan fingerprint density at radius 3 is 2.80 bits per heavy atom. The van der Waals surface area contributed by atoms with Crippen molar-refractivity contribution in [1.82, 2.24) is 5.32 Å². The van der Waals surface area contributed by atoms with Gasteiger partial charge in [-0.1, -0.05) is 43.4 Å². The summed E-state index contributed by atoms with van der Waals surface area (Å²) in [5, 5.41) is 3.09. The molecule has 3 N–H and O–H groups in total. The van der Waals surface area contributed by atoms with Gasteiger partial charge in [-0.05, 0) is 36.8 Å². The van der Waals surface area contributed by atoms with Crippen LogP contribution in [0.4, 0.5) is 0 Å². The van der Waals surface area contributed by atoms with Crippen molar-refractivity contribution >= 4 is 23.1 Å². The zero-order valence-corrected chi connectivity index (χ0v) is 12.7. The minimum absolute atomic E-state index is 0.0668. The third kappa shape index (κ3) is 3.79. The molecule has 0 bridgehead atoms. The lowest BCUT2D eigenvalue weighted by atomic mass is 9.83. The predicted molar refractivity (Wildman–Crippen MR) is 85.6 cm³/mol.